The normalized spacial score (nSPS) is 22.9. The topological polar surface area (TPSA) is 71.3 Å². The molecule has 0 amide bonds. The molecular formula is C14H22N4O2. The lowest BCUT2D eigenvalue weighted by Gasteiger charge is -2.40. The monoisotopic (exact) mass is 278 g/mol. The van der Waals surface area contributed by atoms with E-state index in [1.165, 1.54) is 0 Å². The molecule has 0 saturated carbocycles. The number of rotatable bonds is 4. The number of nitro groups is 1. The molecule has 2 unspecified atom stereocenters. The van der Waals surface area contributed by atoms with E-state index in [0.717, 1.165) is 31.5 Å². The molecule has 2 heterocycles. The first kappa shape index (κ1) is 14.7. The Hall–Kier alpha value is -1.69. The van der Waals surface area contributed by atoms with E-state index >= 15 is 0 Å². The van der Waals surface area contributed by atoms with Crippen molar-refractivity contribution in [1.29, 1.82) is 0 Å². The zero-order valence-electron chi connectivity index (χ0n) is 12.3. The van der Waals surface area contributed by atoms with E-state index in [9.17, 15) is 10.1 Å². The predicted octanol–water partition coefficient (Wildman–Crippen LogP) is 2.27. The molecule has 1 aromatic rings. The molecular weight excluding hydrogens is 256 g/mol. The molecule has 110 valence electrons. The van der Waals surface area contributed by atoms with Gasteiger partial charge in [0.25, 0.3) is 0 Å². The van der Waals surface area contributed by atoms with Gasteiger partial charge in [0.1, 0.15) is 0 Å². The molecule has 1 aromatic heterocycles. The van der Waals surface area contributed by atoms with Crippen molar-refractivity contribution in [2.24, 2.45) is 0 Å². The summed E-state index contributed by atoms with van der Waals surface area (Å²) in [6.07, 6.45) is 3.65. The minimum absolute atomic E-state index is 0.111. The zero-order chi connectivity index (χ0) is 14.7. The van der Waals surface area contributed by atoms with Crippen molar-refractivity contribution in [2.45, 2.75) is 45.7 Å². The number of piperazine rings is 1. The number of aryl methyl sites for hydroxylation is 1. The number of pyridine rings is 1. The minimum atomic E-state index is -0.328. The van der Waals surface area contributed by atoms with Gasteiger partial charge in [-0.25, -0.2) is 4.98 Å². The summed E-state index contributed by atoms with van der Waals surface area (Å²) in [4.78, 5) is 17.4. The van der Waals surface area contributed by atoms with E-state index in [2.05, 4.69) is 29.0 Å². The van der Waals surface area contributed by atoms with Crippen LogP contribution in [0.1, 0.15) is 32.3 Å². The van der Waals surface area contributed by atoms with E-state index in [0.29, 0.717) is 11.9 Å². The highest BCUT2D eigenvalue weighted by molar-refractivity contribution is 5.59. The minimum Gasteiger partial charge on any atom is -0.345 e. The van der Waals surface area contributed by atoms with Crippen LogP contribution in [-0.4, -0.2) is 35.1 Å². The summed E-state index contributed by atoms with van der Waals surface area (Å²) in [6, 6.07) is 2.23. The van der Waals surface area contributed by atoms with Gasteiger partial charge in [0.05, 0.1) is 4.92 Å². The van der Waals surface area contributed by atoms with Crippen LogP contribution in [0.5, 0.6) is 0 Å². The van der Waals surface area contributed by atoms with Crippen LogP contribution in [0.25, 0.3) is 0 Å². The van der Waals surface area contributed by atoms with Gasteiger partial charge in [-0.2, -0.15) is 0 Å². The second-order valence-electron chi connectivity index (χ2n) is 5.34. The highest BCUT2D eigenvalue weighted by Gasteiger charge is 2.31. The third-order valence-electron chi connectivity index (χ3n) is 3.92. The Bertz CT molecular complexity index is 492. The second kappa shape index (κ2) is 6.17. The molecule has 0 spiro atoms. The van der Waals surface area contributed by atoms with Crippen molar-refractivity contribution in [3.63, 3.8) is 0 Å². The summed E-state index contributed by atoms with van der Waals surface area (Å²) in [5, 5.41) is 14.8. The fourth-order valence-corrected chi connectivity index (χ4v) is 2.66. The predicted molar refractivity (Wildman–Crippen MR) is 79.1 cm³/mol. The van der Waals surface area contributed by atoms with E-state index in [1.807, 2.05) is 6.92 Å². The van der Waals surface area contributed by atoms with Gasteiger partial charge in [-0.3, -0.25) is 10.1 Å². The maximum absolute atomic E-state index is 11.3. The van der Waals surface area contributed by atoms with Crippen LogP contribution in [-0.2, 0) is 0 Å². The fourth-order valence-electron chi connectivity index (χ4n) is 2.66. The Morgan fingerprint density at radius 1 is 1.50 bits per heavy atom. The molecule has 2 rings (SSSR count). The van der Waals surface area contributed by atoms with Gasteiger partial charge in [-0.15, -0.1) is 0 Å². The SMILES string of the molecule is CCC1CN(c2ncc(C)cc2[N+](=O)[O-])C(CC)CN1. The number of aromatic nitrogens is 1. The van der Waals surface area contributed by atoms with Crippen molar-refractivity contribution >= 4 is 11.5 Å². The van der Waals surface area contributed by atoms with E-state index in [1.54, 1.807) is 12.3 Å². The first-order valence-electron chi connectivity index (χ1n) is 7.17. The highest BCUT2D eigenvalue weighted by atomic mass is 16.6. The smallest absolute Gasteiger partial charge is 0.311 e. The maximum atomic E-state index is 11.3. The van der Waals surface area contributed by atoms with E-state index in [4.69, 9.17) is 0 Å². The lowest BCUT2D eigenvalue weighted by Crippen LogP contribution is -2.56. The van der Waals surface area contributed by atoms with Crippen molar-refractivity contribution in [2.75, 3.05) is 18.0 Å². The highest BCUT2D eigenvalue weighted by Crippen LogP contribution is 2.30. The molecule has 1 aliphatic heterocycles. The molecule has 1 N–H and O–H groups in total. The van der Waals surface area contributed by atoms with Gasteiger partial charge in [0.2, 0.25) is 5.82 Å². The summed E-state index contributed by atoms with van der Waals surface area (Å²) in [5.41, 5.74) is 0.927. The van der Waals surface area contributed by atoms with Crippen molar-refractivity contribution in [1.82, 2.24) is 10.3 Å². The average molecular weight is 278 g/mol. The van der Waals surface area contributed by atoms with Crippen LogP contribution >= 0.6 is 0 Å². The molecule has 1 fully saturated rings. The van der Waals surface area contributed by atoms with Crippen LogP contribution in [0, 0.1) is 17.0 Å². The first-order chi connectivity index (χ1) is 9.56. The van der Waals surface area contributed by atoms with Gasteiger partial charge in [-0.05, 0) is 25.3 Å². The van der Waals surface area contributed by atoms with Crippen molar-refractivity contribution < 1.29 is 4.92 Å². The molecule has 2 atom stereocenters. The zero-order valence-corrected chi connectivity index (χ0v) is 12.3. The Labute approximate surface area is 119 Å². The number of nitrogens with zero attached hydrogens (tertiary/aromatic N) is 3. The number of anilines is 1. The van der Waals surface area contributed by atoms with Crippen LogP contribution in [0.15, 0.2) is 12.3 Å². The Morgan fingerprint density at radius 2 is 2.25 bits per heavy atom. The number of hydrogen-bond acceptors (Lipinski definition) is 5. The lowest BCUT2D eigenvalue weighted by atomic mass is 10.0. The molecule has 0 aromatic carbocycles. The van der Waals surface area contributed by atoms with Crippen LogP contribution in [0.3, 0.4) is 0 Å². The summed E-state index contributed by atoms with van der Waals surface area (Å²) in [7, 11) is 0. The Balaban J connectivity index is 2.38. The largest absolute Gasteiger partial charge is 0.345 e. The lowest BCUT2D eigenvalue weighted by molar-refractivity contribution is -0.384. The van der Waals surface area contributed by atoms with Gasteiger partial charge in [0.15, 0.2) is 0 Å². The Kier molecular flexibility index (Phi) is 4.54. The molecule has 0 radical (unpaired) electrons. The van der Waals surface area contributed by atoms with Gasteiger partial charge < -0.3 is 10.2 Å². The Morgan fingerprint density at radius 3 is 2.85 bits per heavy atom. The standard InChI is InChI=1S/C14H22N4O2/c1-4-11-9-17(12(5-2)8-15-11)14-13(18(19)20)6-10(3)7-16-14/h6-7,11-12,15H,4-5,8-9H2,1-3H3. The number of nitrogens with one attached hydrogen (secondary N) is 1. The van der Waals surface area contributed by atoms with Gasteiger partial charge in [0, 0.05) is 37.4 Å². The van der Waals surface area contributed by atoms with E-state index in [-0.39, 0.29) is 16.7 Å². The average Bonchev–Trinajstić information content (AvgIpc) is 2.46. The summed E-state index contributed by atoms with van der Waals surface area (Å²) >= 11 is 0. The second-order valence-corrected chi connectivity index (χ2v) is 5.34. The van der Waals surface area contributed by atoms with Crippen molar-refractivity contribution in [3.05, 3.63) is 27.9 Å². The van der Waals surface area contributed by atoms with Crippen LogP contribution in [0.2, 0.25) is 0 Å². The van der Waals surface area contributed by atoms with E-state index < -0.39 is 0 Å². The van der Waals surface area contributed by atoms with Crippen LogP contribution in [0.4, 0.5) is 11.5 Å². The molecule has 1 saturated heterocycles. The third-order valence-corrected chi connectivity index (χ3v) is 3.92. The molecule has 6 nitrogen and oxygen atoms in total. The maximum Gasteiger partial charge on any atom is 0.311 e. The quantitative estimate of drug-likeness (QED) is 0.675. The third kappa shape index (κ3) is 2.90. The van der Waals surface area contributed by atoms with Crippen molar-refractivity contribution in [3.8, 4) is 0 Å². The summed E-state index contributed by atoms with van der Waals surface area (Å²) < 4.78 is 0. The first-order valence-corrected chi connectivity index (χ1v) is 7.17. The summed E-state index contributed by atoms with van der Waals surface area (Å²) in [6.45, 7) is 7.67. The van der Waals surface area contributed by atoms with Gasteiger partial charge >= 0.3 is 5.69 Å². The summed E-state index contributed by atoms with van der Waals surface area (Å²) in [5.74, 6) is 0.507. The molecule has 1 aliphatic rings. The van der Waals surface area contributed by atoms with Crippen LogP contribution < -0.4 is 10.2 Å². The molecule has 0 bridgehead atoms. The molecule has 0 aliphatic carbocycles. The van der Waals surface area contributed by atoms with Gasteiger partial charge in [-0.1, -0.05) is 13.8 Å². The fraction of sp³-hybridized carbons (Fsp3) is 0.643. The molecule has 20 heavy (non-hydrogen) atoms. The molecule has 6 heteroatoms. The number of hydrogen-bond donors (Lipinski definition) is 1.